The molecule has 1 aromatic carbocycles. The van der Waals surface area contributed by atoms with E-state index < -0.39 is 11.7 Å². The number of fused-ring (bicyclic) bond motifs is 1. The summed E-state index contributed by atoms with van der Waals surface area (Å²) in [5.41, 5.74) is 3.19. The summed E-state index contributed by atoms with van der Waals surface area (Å²) < 4.78 is 14.5. The molecule has 1 aliphatic heterocycles. The average molecular weight is 377 g/mol. The highest BCUT2D eigenvalue weighted by Gasteiger charge is 2.36. The van der Waals surface area contributed by atoms with Crippen molar-refractivity contribution in [2.24, 2.45) is 5.92 Å². The number of hydroxylamine groups is 1. The summed E-state index contributed by atoms with van der Waals surface area (Å²) in [6.45, 7) is 6.71. The van der Waals surface area contributed by atoms with Gasteiger partial charge in [0.05, 0.1) is 0 Å². The van der Waals surface area contributed by atoms with Gasteiger partial charge >= 0.3 is 0 Å². The van der Waals surface area contributed by atoms with Crippen LogP contribution in [0.4, 0.5) is 4.39 Å². The first-order chi connectivity index (χ1) is 12.9. The molecule has 0 aromatic heterocycles. The van der Waals surface area contributed by atoms with Crippen molar-refractivity contribution in [3.05, 3.63) is 34.6 Å². The molecule has 6 nitrogen and oxygen atoms in total. The van der Waals surface area contributed by atoms with Crippen molar-refractivity contribution in [2.75, 3.05) is 19.6 Å². The van der Waals surface area contributed by atoms with Crippen molar-refractivity contribution in [3.8, 4) is 0 Å². The van der Waals surface area contributed by atoms with E-state index in [0.29, 0.717) is 30.5 Å². The predicted octanol–water partition coefficient (Wildman–Crippen LogP) is 2.34. The fourth-order valence-electron chi connectivity index (χ4n) is 4.25. The molecular weight excluding hydrogens is 349 g/mol. The number of hydrogen-bond acceptors (Lipinski definition) is 4. The standard InChI is InChI=1S/C20H28FN3O3/c1-3-5-23(13(2)25)11-14-7-17(8-14)24-6-4-15-9-16(20(26)22-27)10-19(21)18(15)12-24/h9-10,14,17,27H,3-8,11-12H2,1-2H3,(H,22,26). The number of carbonyl (C=O) groups excluding carboxylic acids is 2. The number of halogens is 1. The van der Waals surface area contributed by atoms with E-state index in [1.165, 1.54) is 6.07 Å². The monoisotopic (exact) mass is 377 g/mol. The SMILES string of the molecule is CCCN(CC1CC(N2CCc3cc(C(=O)NO)cc(F)c3C2)C1)C(C)=O. The van der Waals surface area contributed by atoms with E-state index in [4.69, 9.17) is 5.21 Å². The van der Waals surface area contributed by atoms with Gasteiger partial charge in [-0.2, -0.15) is 0 Å². The van der Waals surface area contributed by atoms with Crippen LogP contribution in [0.2, 0.25) is 0 Å². The highest BCUT2D eigenvalue weighted by atomic mass is 19.1. The second kappa shape index (κ2) is 8.35. The van der Waals surface area contributed by atoms with Crippen molar-refractivity contribution in [3.63, 3.8) is 0 Å². The molecule has 1 saturated carbocycles. The Balaban J connectivity index is 1.58. The molecule has 0 bridgehead atoms. The number of hydrogen-bond donors (Lipinski definition) is 2. The van der Waals surface area contributed by atoms with Crippen LogP contribution in [0.15, 0.2) is 12.1 Å². The van der Waals surface area contributed by atoms with Crippen LogP contribution in [0.1, 0.15) is 54.6 Å². The van der Waals surface area contributed by atoms with Crippen molar-refractivity contribution >= 4 is 11.8 Å². The lowest BCUT2D eigenvalue weighted by molar-refractivity contribution is -0.130. The lowest BCUT2D eigenvalue weighted by Gasteiger charge is -2.46. The van der Waals surface area contributed by atoms with Gasteiger partial charge in [-0.25, -0.2) is 9.87 Å². The lowest BCUT2D eigenvalue weighted by atomic mass is 9.78. The van der Waals surface area contributed by atoms with E-state index >= 15 is 0 Å². The second-order valence-electron chi connectivity index (χ2n) is 7.71. The molecule has 1 heterocycles. The molecule has 1 aromatic rings. The highest BCUT2D eigenvalue weighted by molar-refractivity contribution is 5.93. The van der Waals surface area contributed by atoms with Crippen LogP contribution >= 0.6 is 0 Å². The Morgan fingerprint density at radius 2 is 2.11 bits per heavy atom. The van der Waals surface area contributed by atoms with Crippen molar-refractivity contribution in [2.45, 2.75) is 52.1 Å². The van der Waals surface area contributed by atoms with Gasteiger partial charge in [0.1, 0.15) is 5.82 Å². The maximum atomic E-state index is 14.5. The minimum absolute atomic E-state index is 0.136. The van der Waals surface area contributed by atoms with E-state index in [-0.39, 0.29) is 11.5 Å². The van der Waals surface area contributed by atoms with Crippen LogP contribution in [0.25, 0.3) is 0 Å². The van der Waals surface area contributed by atoms with Gasteiger partial charge < -0.3 is 4.90 Å². The third-order valence-electron chi connectivity index (χ3n) is 5.83. The lowest BCUT2D eigenvalue weighted by Crippen LogP contribution is -2.50. The summed E-state index contributed by atoms with van der Waals surface area (Å²) in [7, 11) is 0. The molecular formula is C20H28FN3O3. The fourth-order valence-corrected chi connectivity index (χ4v) is 4.25. The molecule has 0 spiro atoms. The van der Waals surface area contributed by atoms with Gasteiger partial charge in [-0.1, -0.05) is 6.92 Å². The Hall–Kier alpha value is -1.99. The average Bonchev–Trinajstić information content (AvgIpc) is 2.62. The first-order valence-corrected chi connectivity index (χ1v) is 9.68. The van der Waals surface area contributed by atoms with E-state index in [1.54, 1.807) is 18.5 Å². The van der Waals surface area contributed by atoms with Gasteiger partial charge in [0.25, 0.3) is 5.91 Å². The van der Waals surface area contributed by atoms with Crippen molar-refractivity contribution in [1.29, 1.82) is 0 Å². The van der Waals surface area contributed by atoms with Crippen LogP contribution in [0.3, 0.4) is 0 Å². The summed E-state index contributed by atoms with van der Waals surface area (Å²) in [4.78, 5) is 27.5. The van der Waals surface area contributed by atoms with Gasteiger partial charge in [0, 0.05) is 50.3 Å². The molecule has 2 amide bonds. The van der Waals surface area contributed by atoms with Gasteiger partial charge in [0.15, 0.2) is 0 Å². The Bertz CT molecular complexity index is 719. The number of benzene rings is 1. The van der Waals surface area contributed by atoms with Gasteiger partial charge in [-0.3, -0.25) is 19.7 Å². The van der Waals surface area contributed by atoms with Gasteiger partial charge in [-0.05, 0) is 49.3 Å². The van der Waals surface area contributed by atoms with Crippen LogP contribution in [0, 0.1) is 11.7 Å². The third-order valence-corrected chi connectivity index (χ3v) is 5.83. The Morgan fingerprint density at radius 3 is 2.74 bits per heavy atom. The zero-order valence-corrected chi connectivity index (χ0v) is 16.0. The van der Waals surface area contributed by atoms with Crippen LogP contribution in [-0.2, 0) is 17.8 Å². The molecule has 2 aliphatic rings. The third kappa shape index (κ3) is 4.30. The minimum atomic E-state index is -0.692. The van der Waals surface area contributed by atoms with Gasteiger partial charge in [0.2, 0.25) is 5.91 Å². The maximum absolute atomic E-state index is 14.5. The highest BCUT2D eigenvalue weighted by Crippen LogP contribution is 2.36. The van der Waals surface area contributed by atoms with Crippen LogP contribution in [-0.4, -0.2) is 52.5 Å². The van der Waals surface area contributed by atoms with E-state index in [2.05, 4.69) is 11.8 Å². The zero-order valence-electron chi connectivity index (χ0n) is 16.0. The van der Waals surface area contributed by atoms with Crippen molar-refractivity contribution < 1.29 is 19.2 Å². The molecule has 0 unspecified atom stereocenters. The first-order valence-electron chi connectivity index (χ1n) is 9.68. The number of amides is 2. The van der Waals surface area contributed by atoms with Crippen LogP contribution in [0.5, 0.6) is 0 Å². The smallest absolute Gasteiger partial charge is 0.274 e. The molecule has 3 rings (SSSR count). The van der Waals surface area contributed by atoms with E-state index in [9.17, 15) is 14.0 Å². The summed E-state index contributed by atoms with van der Waals surface area (Å²) >= 11 is 0. The van der Waals surface area contributed by atoms with Crippen molar-refractivity contribution in [1.82, 2.24) is 15.3 Å². The molecule has 0 saturated heterocycles. The topological polar surface area (TPSA) is 72.9 Å². The normalized spacial score (nSPS) is 21.9. The molecule has 27 heavy (non-hydrogen) atoms. The number of carbonyl (C=O) groups is 2. The maximum Gasteiger partial charge on any atom is 0.274 e. The summed E-state index contributed by atoms with van der Waals surface area (Å²) in [5.74, 6) is -0.426. The zero-order chi connectivity index (χ0) is 19.6. The Kier molecular flexibility index (Phi) is 6.11. The number of nitrogens with one attached hydrogen (secondary N) is 1. The second-order valence-corrected chi connectivity index (χ2v) is 7.71. The number of rotatable bonds is 6. The Morgan fingerprint density at radius 1 is 1.37 bits per heavy atom. The summed E-state index contributed by atoms with van der Waals surface area (Å²) in [5, 5.41) is 8.74. The quantitative estimate of drug-likeness (QED) is 0.590. The Labute approximate surface area is 159 Å². The predicted molar refractivity (Wildman–Crippen MR) is 98.8 cm³/mol. The molecule has 7 heteroatoms. The number of nitrogens with zero attached hydrogens (tertiary/aromatic N) is 2. The summed E-state index contributed by atoms with van der Waals surface area (Å²) in [6, 6.07) is 3.28. The molecule has 1 aliphatic carbocycles. The van der Waals surface area contributed by atoms with E-state index in [0.717, 1.165) is 44.5 Å². The summed E-state index contributed by atoms with van der Waals surface area (Å²) in [6.07, 6.45) is 3.73. The molecule has 0 atom stereocenters. The fraction of sp³-hybridized carbons (Fsp3) is 0.600. The molecule has 0 radical (unpaired) electrons. The molecule has 2 N–H and O–H groups in total. The van der Waals surface area contributed by atoms with Gasteiger partial charge in [-0.15, -0.1) is 0 Å². The molecule has 148 valence electrons. The van der Waals surface area contributed by atoms with Crippen LogP contribution < -0.4 is 5.48 Å². The molecule has 1 fully saturated rings. The first kappa shape index (κ1) is 19.8. The minimum Gasteiger partial charge on any atom is -0.343 e. The largest absolute Gasteiger partial charge is 0.343 e. The van der Waals surface area contributed by atoms with E-state index in [1.807, 2.05) is 4.90 Å².